The van der Waals surface area contributed by atoms with Gasteiger partial charge >= 0.3 is 0 Å². The van der Waals surface area contributed by atoms with Gasteiger partial charge in [-0.2, -0.15) is 0 Å². The van der Waals surface area contributed by atoms with E-state index in [1.54, 1.807) is 16.7 Å². The Hall–Kier alpha value is -3.17. The molecule has 1 aliphatic heterocycles. The zero-order valence-electron chi connectivity index (χ0n) is 18.0. The molecule has 0 atom stereocenters. The molecule has 9 heteroatoms. The average Bonchev–Trinajstić information content (AvgIpc) is 2.78. The van der Waals surface area contributed by atoms with Gasteiger partial charge in [0.1, 0.15) is 11.6 Å². The molecule has 168 valence electrons. The van der Waals surface area contributed by atoms with Crippen molar-refractivity contribution < 1.29 is 9.31 Å². The molecule has 0 amide bonds. The molecule has 32 heavy (non-hydrogen) atoms. The Kier molecular flexibility index (Phi) is 6.57. The van der Waals surface area contributed by atoms with Gasteiger partial charge in [-0.1, -0.05) is 12.1 Å². The van der Waals surface area contributed by atoms with Crippen LogP contribution in [0, 0.1) is 15.9 Å². The second-order valence-corrected chi connectivity index (χ2v) is 8.25. The molecule has 4 rings (SSSR count). The molecule has 1 fully saturated rings. The van der Waals surface area contributed by atoms with Gasteiger partial charge in [0.2, 0.25) is 0 Å². The van der Waals surface area contributed by atoms with Crippen LogP contribution < -0.4 is 5.56 Å². The lowest BCUT2D eigenvalue weighted by Crippen LogP contribution is -2.44. The van der Waals surface area contributed by atoms with Gasteiger partial charge in [0, 0.05) is 44.9 Å². The number of fused-ring (bicyclic) bond motifs is 1. The average molecular weight is 439 g/mol. The van der Waals surface area contributed by atoms with Gasteiger partial charge in [-0.15, -0.1) is 0 Å². The highest BCUT2D eigenvalue weighted by Crippen LogP contribution is 2.18. The van der Waals surface area contributed by atoms with Crippen molar-refractivity contribution in [1.29, 1.82) is 0 Å². The minimum absolute atomic E-state index is 0.0796. The molecule has 0 unspecified atom stereocenters. The zero-order chi connectivity index (χ0) is 22.7. The molecule has 1 aliphatic rings. The quantitative estimate of drug-likeness (QED) is 0.416. The molecular formula is C23H26FN5O3. The Morgan fingerprint density at radius 3 is 2.50 bits per heavy atom. The summed E-state index contributed by atoms with van der Waals surface area (Å²) in [6.45, 7) is 4.60. The smallest absolute Gasteiger partial charge is 0.271 e. The van der Waals surface area contributed by atoms with E-state index >= 15 is 0 Å². The van der Waals surface area contributed by atoms with E-state index in [2.05, 4.69) is 21.8 Å². The Balaban J connectivity index is 1.63. The fourth-order valence-corrected chi connectivity index (χ4v) is 4.02. The van der Waals surface area contributed by atoms with E-state index in [1.807, 2.05) is 0 Å². The lowest BCUT2D eigenvalue weighted by atomic mass is 10.1. The van der Waals surface area contributed by atoms with Crippen LogP contribution in [0.3, 0.4) is 0 Å². The second kappa shape index (κ2) is 9.54. The van der Waals surface area contributed by atoms with Crippen LogP contribution in [0.15, 0.2) is 47.3 Å². The predicted molar refractivity (Wildman–Crippen MR) is 120 cm³/mol. The maximum Gasteiger partial charge on any atom is 0.271 e. The van der Waals surface area contributed by atoms with Crippen LogP contribution in [0.2, 0.25) is 0 Å². The van der Waals surface area contributed by atoms with Crippen LogP contribution in [-0.4, -0.2) is 57.5 Å². The number of nitrogens with zero attached hydrogens (tertiary/aromatic N) is 5. The molecule has 1 saturated heterocycles. The number of rotatable bonds is 7. The van der Waals surface area contributed by atoms with Crippen LogP contribution in [0.5, 0.6) is 0 Å². The lowest BCUT2D eigenvalue weighted by Gasteiger charge is -2.32. The number of hydrogen-bond donors (Lipinski definition) is 0. The number of hydrogen-bond acceptors (Lipinski definition) is 6. The Labute approximate surface area is 185 Å². The minimum atomic E-state index is -0.477. The number of nitro benzene ring substituents is 1. The maximum atomic E-state index is 13.3. The van der Waals surface area contributed by atoms with Crippen LogP contribution in [-0.2, 0) is 19.5 Å². The van der Waals surface area contributed by atoms with Crippen molar-refractivity contribution in [2.24, 2.45) is 0 Å². The summed E-state index contributed by atoms with van der Waals surface area (Å²) in [6, 6.07) is 10.6. The molecule has 1 aromatic heterocycles. The fourth-order valence-electron chi connectivity index (χ4n) is 4.02. The third kappa shape index (κ3) is 5.00. The van der Waals surface area contributed by atoms with E-state index in [4.69, 9.17) is 0 Å². The van der Waals surface area contributed by atoms with E-state index in [-0.39, 0.29) is 17.1 Å². The summed E-state index contributed by atoms with van der Waals surface area (Å²) in [5.74, 6) is 0.346. The topological polar surface area (TPSA) is 84.5 Å². The Bertz CT molecular complexity index is 1170. The monoisotopic (exact) mass is 439 g/mol. The Morgan fingerprint density at radius 2 is 1.81 bits per heavy atom. The van der Waals surface area contributed by atoms with Gasteiger partial charge in [0.15, 0.2) is 0 Å². The molecule has 0 spiro atoms. The van der Waals surface area contributed by atoms with Gasteiger partial charge in [0.25, 0.3) is 11.2 Å². The molecule has 0 bridgehead atoms. The third-order valence-electron chi connectivity index (χ3n) is 5.95. The van der Waals surface area contributed by atoms with Crippen LogP contribution in [0.25, 0.3) is 10.9 Å². The first-order chi connectivity index (χ1) is 15.4. The minimum Gasteiger partial charge on any atom is -0.304 e. The maximum absolute atomic E-state index is 13.3. The number of halogens is 1. The fraction of sp³-hybridized carbons (Fsp3) is 0.391. The molecule has 0 radical (unpaired) electrons. The van der Waals surface area contributed by atoms with Gasteiger partial charge in [-0.05, 0) is 43.7 Å². The number of piperazine rings is 1. The van der Waals surface area contributed by atoms with E-state index in [9.17, 15) is 19.3 Å². The lowest BCUT2D eigenvalue weighted by molar-refractivity contribution is -0.384. The van der Waals surface area contributed by atoms with Gasteiger partial charge in [-0.3, -0.25) is 24.4 Å². The molecule has 2 aromatic carbocycles. The predicted octanol–water partition coefficient (Wildman–Crippen LogP) is 2.82. The van der Waals surface area contributed by atoms with Crippen molar-refractivity contribution >= 4 is 16.6 Å². The van der Waals surface area contributed by atoms with Crippen LogP contribution >= 0.6 is 0 Å². The van der Waals surface area contributed by atoms with E-state index in [0.717, 1.165) is 31.7 Å². The first kappa shape index (κ1) is 22.0. The van der Waals surface area contributed by atoms with Crippen molar-refractivity contribution in [3.8, 4) is 0 Å². The number of benzene rings is 2. The molecule has 0 N–H and O–H groups in total. The van der Waals surface area contributed by atoms with Crippen molar-refractivity contribution in [3.05, 3.63) is 80.1 Å². The number of aryl methyl sites for hydroxylation is 1. The van der Waals surface area contributed by atoms with Crippen LogP contribution in [0.1, 0.15) is 17.8 Å². The highest BCUT2D eigenvalue weighted by molar-refractivity contribution is 5.80. The van der Waals surface area contributed by atoms with Crippen molar-refractivity contribution in [3.63, 3.8) is 0 Å². The highest BCUT2D eigenvalue weighted by Gasteiger charge is 2.19. The molecular weight excluding hydrogens is 413 g/mol. The summed E-state index contributed by atoms with van der Waals surface area (Å²) in [5, 5.41) is 11.6. The summed E-state index contributed by atoms with van der Waals surface area (Å²) in [6.07, 6.45) is 1.40. The second-order valence-electron chi connectivity index (χ2n) is 8.25. The summed E-state index contributed by atoms with van der Waals surface area (Å²) in [4.78, 5) is 33.2. The summed E-state index contributed by atoms with van der Waals surface area (Å²) < 4.78 is 14.8. The van der Waals surface area contributed by atoms with Gasteiger partial charge in [-0.25, -0.2) is 9.37 Å². The largest absolute Gasteiger partial charge is 0.304 e. The highest BCUT2D eigenvalue weighted by atomic mass is 19.1. The molecule has 3 aromatic rings. The van der Waals surface area contributed by atoms with Crippen molar-refractivity contribution in [2.75, 3.05) is 33.2 Å². The normalized spacial score (nSPS) is 15.3. The Morgan fingerprint density at radius 1 is 1.09 bits per heavy atom. The molecule has 2 heterocycles. The first-order valence-corrected chi connectivity index (χ1v) is 10.7. The molecule has 0 aliphatic carbocycles. The van der Waals surface area contributed by atoms with E-state index < -0.39 is 4.92 Å². The van der Waals surface area contributed by atoms with Crippen LogP contribution in [0.4, 0.5) is 10.1 Å². The van der Waals surface area contributed by atoms with E-state index in [0.29, 0.717) is 42.7 Å². The summed E-state index contributed by atoms with van der Waals surface area (Å²) >= 11 is 0. The first-order valence-electron chi connectivity index (χ1n) is 10.7. The number of non-ortho nitro benzene ring substituents is 1. The van der Waals surface area contributed by atoms with Crippen molar-refractivity contribution in [2.45, 2.75) is 25.9 Å². The summed E-state index contributed by atoms with van der Waals surface area (Å²) in [7, 11) is 2.08. The third-order valence-corrected chi connectivity index (χ3v) is 5.95. The van der Waals surface area contributed by atoms with Crippen molar-refractivity contribution in [1.82, 2.24) is 19.4 Å². The standard InChI is InChI=1S/C23H26FN5O3/c1-26-11-13-27(14-12-26)16-22-25-21-15-19(29(31)32)8-9-20(21)23(30)28(22)10-2-3-17-4-6-18(24)7-5-17/h4-9,15H,2-3,10-14,16H2,1H3. The number of aromatic nitrogens is 2. The molecule has 8 nitrogen and oxygen atoms in total. The molecule has 0 saturated carbocycles. The number of nitro groups is 1. The number of likely N-dealkylation sites (N-methyl/N-ethyl adjacent to an activating group) is 1. The zero-order valence-corrected chi connectivity index (χ0v) is 18.0. The van der Waals surface area contributed by atoms with E-state index in [1.165, 1.54) is 30.3 Å². The summed E-state index contributed by atoms with van der Waals surface area (Å²) in [5.41, 5.74) is 1.09. The van der Waals surface area contributed by atoms with Gasteiger partial charge < -0.3 is 4.90 Å². The van der Waals surface area contributed by atoms with Gasteiger partial charge in [0.05, 0.1) is 22.4 Å². The SMILES string of the molecule is CN1CCN(Cc2nc3cc([N+](=O)[O-])ccc3c(=O)n2CCCc2ccc(F)cc2)CC1.